The van der Waals surface area contributed by atoms with Crippen molar-refractivity contribution in [2.75, 3.05) is 6.61 Å². The van der Waals surface area contributed by atoms with Crippen LogP contribution in [-0.4, -0.2) is 31.4 Å². The highest BCUT2D eigenvalue weighted by Gasteiger charge is 2.29. The second-order valence-corrected chi connectivity index (χ2v) is 8.16. The Morgan fingerprint density at radius 3 is 2.24 bits per heavy atom. The largest absolute Gasteiger partial charge is 0.492 e. The molecule has 1 aromatic rings. The van der Waals surface area contributed by atoms with Gasteiger partial charge in [0.15, 0.2) is 0 Å². The summed E-state index contributed by atoms with van der Waals surface area (Å²) in [4.78, 5) is 0.263. The number of nitrogens with zero attached hydrogens (tertiary/aromatic N) is 1. The van der Waals surface area contributed by atoms with Crippen LogP contribution in [0.5, 0.6) is 5.75 Å². The van der Waals surface area contributed by atoms with Crippen LogP contribution in [0.4, 0.5) is 0 Å². The summed E-state index contributed by atoms with van der Waals surface area (Å²) < 4.78 is 33.5. The summed E-state index contributed by atoms with van der Waals surface area (Å²) in [6, 6.07) is 4.72. The molecule has 6 heteroatoms. The topological polar surface area (TPSA) is 46.6 Å². The average molecular weight is 378 g/mol. The highest BCUT2D eigenvalue weighted by atomic mass is 79.9. The van der Waals surface area contributed by atoms with Gasteiger partial charge in [-0.3, -0.25) is 0 Å². The fraction of sp³-hybridized carbons (Fsp3) is 0.600. The lowest BCUT2D eigenvalue weighted by molar-refractivity contribution is 0.300. The molecule has 0 radical (unpaired) electrons. The molecular weight excluding hydrogens is 354 g/mol. The van der Waals surface area contributed by atoms with Gasteiger partial charge in [0.25, 0.3) is 0 Å². The van der Waals surface area contributed by atoms with Gasteiger partial charge in [0.1, 0.15) is 5.75 Å². The molecule has 0 heterocycles. The zero-order valence-corrected chi connectivity index (χ0v) is 15.7. The monoisotopic (exact) mass is 377 g/mol. The van der Waals surface area contributed by atoms with E-state index in [0.717, 1.165) is 10.9 Å². The fourth-order valence-corrected chi connectivity index (χ4v) is 4.45. The number of rotatable bonds is 7. The number of hydrogen-bond donors (Lipinski definition) is 0. The van der Waals surface area contributed by atoms with Crippen molar-refractivity contribution in [3.05, 3.63) is 22.7 Å². The van der Waals surface area contributed by atoms with E-state index in [4.69, 9.17) is 4.74 Å². The lowest BCUT2D eigenvalue weighted by Gasteiger charge is -2.29. The van der Waals surface area contributed by atoms with Crippen molar-refractivity contribution in [1.82, 2.24) is 4.31 Å². The van der Waals surface area contributed by atoms with Crippen LogP contribution in [0.25, 0.3) is 0 Å². The molecule has 21 heavy (non-hydrogen) atoms. The molecule has 0 N–H and O–H groups in total. The smallest absolute Gasteiger partial charge is 0.243 e. The van der Waals surface area contributed by atoms with Crippen LogP contribution in [0.3, 0.4) is 0 Å². The van der Waals surface area contributed by atoms with Gasteiger partial charge in [0, 0.05) is 18.2 Å². The third kappa shape index (κ3) is 4.44. The Morgan fingerprint density at radius 2 is 1.76 bits per heavy atom. The molecule has 1 rings (SSSR count). The molecule has 0 fully saturated rings. The Kier molecular flexibility index (Phi) is 6.69. The quantitative estimate of drug-likeness (QED) is 0.719. The highest BCUT2D eigenvalue weighted by Crippen LogP contribution is 2.30. The van der Waals surface area contributed by atoms with E-state index in [0.29, 0.717) is 12.4 Å². The lowest BCUT2D eigenvalue weighted by Crippen LogP contribution is -2.41. The van der Waals surface area contributed by atoms with Crippen LogP contribution >= 0.6 is 15.9 Å². The molecule has 1 aromatic carbocycles. The molecule has 0 aliphatic rings. The Balaban J connectivity index is 3.25. The van der Waals surface area contributed by atoms with E-state index in [1.807, 2.05) is 34.6 Å². The van der Waals surface area contributed by atoms with Gasteiger partial charge < -0.3 is 4.74 Å². The molecule has 120 valence electrons. The average Bonchev–Trinajstić information content (AvgIpc) is 2.36. The molecule has 0 saturated carbocycles. The van der Waals surface area contributed by atoms with Gasteiger partial charge in [-0.25, -0.2) is 8.42 Å². The molecule has 0 saturated heterocycles. The summed E-state index contributed by atoms with van der Waals surface area (Å²) in [7, 11) is -3.53. The number of ether oxygens (including phenoxy) is 1. The summed E-state index contributed by atoms with van der Waals surface area (Å²) in [6.45, 7) is 10.1. The number of halogens is 1. The molecule has 4 nitrogen and oxygen atoms in total. The SMILES string of the molecule is CCCOc1cc(S(=O)(=O)N(C(C)C)C(C)C)ccc1Br. The van der Waals surface area contributed by atoms with Crippen LogP contribution < -0.4 is 4.74 Å². The first-order valence-corrected chi connectivity index (χ1v) is 9.41. The first kappa shape index (κ1) is 18.5. The summed E-state index contributed by atoms with van der Waals surface area (Å²) in [6.07, 6.45) is 0.869. The van der Waals surface area contributed by atoms with E-state index >= 15 is 0 Å². The Hall–Kier alpha value is -0.590. The van der Waals surface area contributed by atoms with E-state index in [1.165, 1.54) is 4.31 Å². The molecule has 0 aliphatic heterocycles. The Labute approximate surface area is 136 Å². The molecule has 0 spiro atoms. The third-order valence-electron chi connectivity index (χ3n) is 2.96. The van der Waals surface area contributed by atoms with Gasteiger partial charge in [0.05, 0.1) is 16.0 Å². The molecule has 0 bridgehead atoms. The second-order valence-electron chi connectivity index (χ2n) is 5.46. The summed E-state index contributed by atoms with van der Waals surface area (Å²) in [5.41, 5.74) is 0. The molecular formula is C15H24BrNO3S. The maximum absolute atomic E-state index is 12.8. The number of hydrogen-bond acceptors (Lipinski definition) is 3. The van der Waals surface area contributed by atoms with Gasteiger partial charge in [0.2, 0.25) is 10.0 Å². The predicted molar refractivity (Wildman–Crippen MR) is 89.2 cm³/mol. The van der Waals surface area contributed by atoms with Crippen LogP contribution in [0, 0.1) is 0 Å². The zero-order chi connectivity index (χ0) is 16.2. The van der Waals surface area contributed by atoms with Gasteiger partial charge >= 0.3 is 0 Å². The Bertz CT molecular complexity index is 562. The van der Waals surface area contributed by atoms with Crippen LogP contribution in [-0.2, 0) is 10.0 Å². The molecule has 0 aromatic heterocycles. The van der Waals surface area contributed by atoms with E-state index in [9.17, 15) is 8.42 Å². The maximum atomic E-state index is 12.8. The standard InChI is InChI=1S/C15H24BrNO3S/c1-6-9-20-15-10-13(7-8-14(15)16)21(18,19)17(11(2)3)12(4)5/h7-8,10-12H,6,9H2,1-5H3. The Morgan fingerprint density at radius 1 is 1.19 bits per heavy atom. The van der Waals surface area contributed by atoms with Gasteiger partial charge in [-0.2, -0.15) is 4.31 Å². The van der Waals surface area contributed by atoms with Crippen LogP contribution in [0.2, 0.25) is 0 Å². The lowest BCUT2D eigenvalue weighted by atomic mass is 10.3. The minimum Gasteiger partial charge on any atom is -0.492 e. The molecule has 0 amide bonds. The molecule has 0 atom stereocenters. The minimum atomic E-state index is -3.53. The first-order valence-electron chi connectivity index (χ1n) is 7.17. The van der Waals surface area contributed by atoms with Crippen molar-refractivity contribution >= 4 is 26.0 Å². The van der Waals surface area contributed by atoms with Crippen molar-refractivity contribution in [1.29, 1.82) is 0 Å². The molecule has 0 unspecified atom stereocenters. The van der Waals surface area contributed by atoms with E-state index in [2.05, 4.69) is 15.9 Å². The summed E-state index contributed by atoms with van der Waals surface area (Å²) in [5, 5.41) is 0. The maximum Gasteiger partial charge on any atom is 0.243 e. The van der Waals surface area contributed by atoms with Crippen molar-refractivity contribution in [2.24, 2.45) is 0 Å². The van der Waals surface area contributed by atoms with Crippen molar-refractivity contribution in [3.63, 3.8) is 0 Å². The van der Waals surface area contributed by atoms with Crippen molar-refractivity contribution < 1.29 is 13.2 Å². The van der Waals surface area contributed by atoms with E-state index < -0.39 is 10.0 Å². The van der Waals surface area contributed by atoms with Crippen LogP contribution in [0.1, 0.15) is 41.0 Å². The van der Waals surface area contributed by atoms with Crippen LogP contribution in [0.15, 0.2) is 27.6 Å². The van der Waals surface area contributed by atoms with Gasteiger partial charge in [-0.1, -0.05) is 6.92 Å². The highest BCUT2D eigenvalue weighted by molar-refractivity contribution is 9.10. The summed E-state index contributed by atoms with van der Waals surface area (Å²) >= 11 is 3.39. The second kappa shape index (κ2) is 7.61. The first-order chi connectivity index (χ1) is 9.71. The van der Waals surface area contributed by atoms with Gasteiger partial charge in [-0.05, 0) is 62.2 Å². The van der Waals surface area contributed by atoms with Crippen molar-refractivity contribution in [2.45, 2.75) is 58.0 Å². The predicted octanol–water partition coefficient (Wildman–Crippen LogP) is 4.05. The zero-order valence-electron chi connectivity index (χ0n) is 13.3. The normalized spacial score (nSPS) is 12.4. The fourth-order valence-electron chi connectivity index (χ4n) is 2.24. The number of sulfonamides is 1. The van der Waals surface area contributed by atoms with Crippen molar-refractivity contribution in [3.8, 4) is 5.75 Å². The third-order valence-corrected chi connectivity index (χ3v) is 5.86. The number of benzene rings is 1. The van der Waals surface area contributed by atoms with Gasteiger partial charge in [-0.15, -0.1) is 0 Å². The minimum absolute atomic E-state index is 0.0985. The van der Waals surface area contributed by atoms with E-state index in [1.54, 1.807) is 18.2 Å². The summed E-state index contributed by atoms with van der Waals surface area (Å²) in [5.74, 6) is 0.561. The molecule has 0 aliphatic carbocycles. The van der Waals surface area contributed by atoms with E-state index in [-0.39, 0.29) is 17.0 Å².